The summed E-state index contributed by atoms with van der Waals surface area (Å²) in [5, 5.41) is 1.14. The van der Waals surface area contributed by atoms with E-state index in [4.69, 9.17) is 4.98 Å². The first-order valence-electron chi connectivity index (χ1n) is 13.4. The van der Waals surface area contributed by atoms with Crippen LogP contribution in [-0.4, -0.2) is 26.6 Å². The van der Waals surface area contributed by atoms with Crippen LogP contribution in [0.4, 0.5) is 28.6 Å². The number of nitrogens with one attached hydrogen (secondary N) is 1. The van der Waals surface area contributed by atoms with Gasteiger partial charge in [0.25, 0.3) is 0 Å². The fourth-order valence-electron chi connectivity index (χ4n) is 6.01. The van der Waals surface area contributed by atoms with Gasteiger partial charge in [-0.2, -0.15) is 0 Å². The topological polar surface area (TPSA) is 53.0 Å². The van der Waals surface area contributed by atoms with Crippen molar-refractivity contribution >= 4 is 50.5 Å². The van der Waals surface area contributed by atoms with E-state index >= 15 is 0 Å². The first kappa shape index (κ1) is 22.6. The molecule has 40 heavy (non-hydrogen) atoms. The highest BCUT2D eigenvalue weighted by atomic mass is 15.3. The summed E-state index contributed by atoms with van der Waals surface area (Å²) in [5.41, 5.74) is 12.0. The lowest BCUT2D eigenvalue weighted by molar-refractivity contribution is 0.948. The number of benzene rings is 4. The number of anilines is 5. The summed E-state index contributed by atoms with van der Waals surface area (Å²) in [7, 11) is 4.17. The number of aryl methyl sites for hydroxylation is 1. The van der Waals surface area contributed by atoms with Crippen LogP contribution in [0.2, 0.25) is 0 Å². The van der Waals surface area contributed by atoms with Crippen LogP contribution in [-0.2, 0) is 7.05 Å². The van der Waals surface area contributed by atoms with Gasteiger partial charge in [0.05, 0.1) is 45.8 Å². The molecule has 1 aliphatic heterocycles. The standard InChI is InChI=1S/C34H26N6/c1-38-21-36-34-23(9-8-15-31(34)38)22-16-17-29-32(19-22)40(30-14-4-3-13-28(30)39(29)2)33-20-25-24(10-7-12-27(25)37-33)26-11-5-6-18-35-26/h3-21,37H,1-2H3. The quantitative estimate of drug-likeness (QED) is 0.255. The maximum absolute atomic E-state index is 4.73. The maximum atomic E-state index is 4.73. The number of hydrogen-bond acceptors (Lipinski definition) is 4. The van der Waals surface area contributed by atoms with Gasteiger partial charge in [0.1, 0.15) is 5.82 Å². The number of H-pyrrole nitrogens is 1. The zero-order chi connectivity index (χ0) is 26.8. The fraction of sp³-hybridized carbons (Fsp3) is 0.0588. The number of nitrogens with zero attached hydrogens (tertiary/aromatic N) is 5. The third kappa shape index (κ3) is 3.29. The SMILES string of the molecule is CN1c2ccccc2N(c2cc3c(-c4ccccn4)cccc3[nH]2)c2cc(-c3cccc4c3ncn4C)ccc21. The van der Waals surface area contributed by atoms with Crippen LogP contribution in [0.15, 0.2) is 116 Å². The van der Waals surface area contributed by atoms with Gasteiger partial charge < -0.3 is 14.5 Å². The molecule has 6 nitrogen and oxygen atoms in total. The number of aromatic nitrogens is 4. The average molecular weight is 519 g/mol. The summed E-state index contributed by atoms with van der Waals surface area (Å²) in [6, 6.07) is 36.3. The Bertz CT molecular complexity index is 2050. The summed E-state index contributed by atoms with van der Waals surface area (Å²) >= 11 is 0. The Balaban J connectivity index is 1.36. The van der Waals surface area contributed by atoms with Crippen LogP contribution in [0, 0.1) is 0 Å². The Kier molecular flexibility index (Phi) is 4.85. The zero-order valence-electron chi connectivity index (χ0n) is 22.2. The van der Waals surface area contributed by atoms with E-state index in [1.54, 1.807) is 0 Å². The first-order valence-corrected chi connectivity index (χ1v) is 13.4. The Morgan fingerprint density at radius 3 is 2.33 bits per heavy atom. The van der Waals surface area contributed by atoms with Gasteiger partial charge in [0.15, 0.2) is 0 Å². The summed E-state index contributed by atoms with van der Waals surface area (Å²) < 4.78 is 2.07. The molecule has 0 spiro atoms. The van der Waals surface area contributed by atoms with Crippen LogP contribution in [0.25, 0.3) is 44.3 Å². The Hall–Kier alpha value is -5.36. The summed E-state index contributed by atoms with van der Waals surface area (Å²) in [4.78, 5) is 17.7. The number of fused-ring (bicyclic) bond motifs is 4. The Morgan fingerprint density at radius 1 is 0.650 bits per heavy atom. The lowest BCUT2D eigenvalue weighted by Crippen LogP contribution is -2.24. The summed E-state index contributed by atoms with van der Waals surface area (Å²) in [5.74, 6) is 1.01. The second-order valence-corrected chi connectivity index (χ2v) is 10.3. The third-order valence-corrected chi connectivity index (χ3v) is 7.96. The smallest absolute Gasteiger partial charge is 0.116 e. The summed E-state index contributed by atoms with van der Waals surface area (Å²) in [6.07, 6.45) is 3.73. The molecule has 0 amide bonds. The van der Waals surface area contributed by atoms with E-state index in [9.17, 15) is 0 Å². The molecular formula is C34H26N6. The molecule has 0 saturated heterocycles. The van der Waals surface area contributed by atoms with Crippen molar-refractivity contribution in [1.82, 2.24) is 19.5 Å². The first-order chi connectivity index (χ1) is 19.7. The number of rotatable bonds is 3. The normalized spacial score (nSPS) is 12.7. The minimum atomic E-state index is 0.962. The van der Waals surface area contributed by atoms with E-state index in [0.29, 0.717) is 0 Å². The minimum absolute atomic E-state index is 0.962. The van der Waals surface area contributed by atoms with Crippen molar-refractivity contribution < 1.29 is 0 Å². The summed E-state index contributed by atoms with van der Waals surface area (Å²) in [6.45, 7) is 0. The predicted molar refractivity (Wildman–Crippen MR) is 164 cm³/mol. The minimum Gasteiger partial charge on any atom is -0.341 e. The molecule has 192 valence electrons. The van der Waals surface area contributed by atoms with E-state index in [-0.39, 0.29) is 0 Å². The molecule has 0 atom stereocenters. The lowest BCUT2D eigenvalue weighted by atomic mass is 10.00. The van der Waals surface area contributed by atoms with Gasteiger partial charge in [-0.3, -0.25) is 9.88 Å². The van der Waals surface area contributed by atoms with Gasteiger partial charge in [-0.05, 0) is 60.2 Å². The molecule has 0 aliphatic carbocycles. The van der Waals surface area contributed by atoms with Crippen molar-refractivity contribution in [3.05, 3.63) is 116 Å². The second-order valence-electron chi connectivity index (χ2n) is 10.3. The fourth-order valence-corrected chi connectivity index (χ4v) is 6.01. The molecule has 1 N–H and O–H groups in total. The van der Waals surface area contributed by atoms with Gasteiger partial charge in [-0.25, -0.2) is 4.98 Å². The number of imidazole rings is 1. The van der Waals surface area contributed by atoms with Crippen molar-refractivity contribution in [2.24, 2.45) is 7.05 Å². The molecule has 0 bridgehead atoms. The van der Waals surface area contributed by atoms with E-state index in [0.717, 1.165) is 72.9 Å². The Labute approximate surface area is 231 Å². The highest BCUT2D eigenvalue weighted by molar-refractivity contribution is 6.03. The molecule has 0 radical (unpaired) electrons. The monoisotopic (exact) mass is 518 g/mol. The van der Waals surface area contributed by atoms with Crippen molar-refractivity contribution in [3.63, 3.8) is 0 Å². The average Bonchev–Trinajstić information content (AvgIpc) is 3.61. The molecule has 8 rings (SSSR count). The zero-order valence-corrected chi connectivity index (χ0v) is 22.2. The number of pyridine rings is 1. The van der Waals surface area contributed by atoms with Crippen molar-refractivity contribution in [1.29, 1.82) is 0 Å². The van der Waals surface area contributed by atoms with Gasteiger partial charge in [-0.15, -0.1) is 0 Å². The number of aromatic amines is 1. The number of para-hydroxylation sites is 3. The van der Waals surface area contributed by atoms with Crippen molar-refractivity contribution in [2.75, 3.05) is 16.8 Å². The third-order valence-electron chi connectivity index (χ3n) is 7.96. The molecule has 6 heteroatoms. The molecule has 4 heterocycles. The Morgan fingerprint density at radius 2 is 1.45 bits per heavy atom. The van der Waals surface area contributed by atoms with Crippen LogP contribution >= 0.6 is 0 Å². The van der Waals surface area contributed by atoms with Gasteiger partial charge >= 0.3 is 0 Å². The highest BCUT2D eigenvalue weighted by Crippen LogP contribution is 2.52. The largest absolute Gasteiger partial charge is 0.341 e. The van der Waals surface area contributed by atoms with Crippen LogP contribution in [0.3, 0.4) is 0 Å². The maximum Gasteiger partial charge on any atom is 0.116 e. The van der Waals surface area contributed by atoms with E-state index in [1.807, 2.05) is 31.7 Å². The molecule has 7 aromatic rings. The van der Waals surface area contributed by atoms with Crippen molar-refractivity contribution in [2.45, 2.75) is 0 Å². The lowest BCUT2D eigenvalue weighted by Gasteiger charge is -2.38. The second kappa shape index (κ2) is 8.58. The van der Waals surface area contributed by atoms with Crippen molar-refractivity contribution in [3.8, 4) is 22.4 Å². The number of hydrogen-bond donors (Lipinski definition) is 1. The van der Waals surface area contributed by atoms with Gasteiger partial charge in [0, 0.05) is 42.3 Å². The predicted octanol–water partition coefficient (Wildman–Crippen LogP) is 8.33. The molecule has 0 saturated carbocycles. The van der Waals surface area contributed by atoms with Crippen LogP contribution in [0.1, 0.15) is 0 Å². The van der Waals surface area contributed by atoms with E-state index in [1.165, 1.54) is 0 Å². The van der Waals surface area contributed by atoms with E-state index < -0.39 is 0 Å². The molecule has 0 unspecified atom stereocenters. The van der Waals surface area contributed by atoms with Crippen LogP contribution in [0.5, 0.6) is 0 Å². The van der Waals surface area contributed by atoms with E-state index in [2.05, 4.69) is 122 Å². The van der Waals surface area contributed by atoms with Gasteiger partial charge in [-0.1, -0.05) is 48.5 Å². The molecule has 1 aliphatic rings. The molecule has 4 aromatic carbocycles. The van der Waals surface area contributed by atoms with Crippen LogP contribution < -0.4 is 9.80 Å². The molecular weight excluding hydrogens is 492 g/mol. The molecule has 0 fully saturated rings. The molecule has 3 aromatic heterocycles. The highest BCUT2D eigenvalue weighted by Gasteiger charge is 2.29. The van der Waals surface area contributed by atoms with Gasteiger partial charge in [0.2, 0.25) is 0 Å².